The van der Waals surface area contributed by atoms with Gasteiger partial charge in [-0.25, -0.2) is 4.79 Å². The highest BCUT2D eigenvalue weighted by atomic mass is 16.4. The minimum absolute atomic E-state index is 0.304. The smallest absolute Gasteiger partial charge is 0.335 e. The summed E-state index contributed by atoms with van der Waals surface area (Å²) in [6.07, 6.45) is 0. The summed E-state index contributed by atoms with van der Waals surface area (Å²) in [5.74, 6) is -0.903. The Hall–Kier alpha value is -2.87. The number of carboxylic acids is 1. The first-order valence-corrected chi connectivity index (χ1v) is 7.14. The van der Waals surface area contributed by atoms with Crippen molar-refractivity contribution in [2.75, 3.05) is 0 Å². The van der Waals surface area contributed by atoms with Gasteiger partial charge >= 0.3 is 5.97 Å². The van der Waals surface area contributed by atoms with Crippen molar-refractivity contribution in [1.29, 1.82) is 0 Å². The van der Waals surface area contributed by atoms with E-state index >= 15 is 0 Å². The number of benzene rings is 3. The lowest BCUT2D eigenvalue weighted by Gasteiger charge is -2.07. The van der Waals surface area contributed by atoms with Crippen LogP contribution in [-0.2, 0) is 0 Å². The highest BCUT2D eigenvalue weighted by molar-refractivity contribution is 5.88. The van der Waals surface area contributed by atoms with Gasteiger partial charge in [0.1, 0.15) is 0 Å². The molecule has 0 saturated heterocycles. The molecule has 0 unspecified atom stereocenters. The van der Waals surface area contributed by atoms with Crippen LogP contribution in [0.1, 0.15) is 15.9 Å². The maximum absolute atomic E-state index is 10.9. The van der Waals surface area contributed by atoms with E-state index in [1.54, 1.807) is 12.1 Å². The van der Waals surface area contributed by atoms with Crippen LogP contribution in [0, 0.1) is 6.92 Å². The fourth-order valence-corrected chi connectivity index (χ4v) is 2.43. The molecule has 3 rings (SSSR count). The molecule has 0 spiro atoms. The Labute approximate surface area is 129 Å². The molecule has 0 aliphatic carbocycles. The first-order chi connectivity index (χ1) is 10.6. The number of hydrogen-bond donors (Lipinski definition) is 1. The monoisotopic (exact) mass is 288 g/mol. The quantitative estimate of drug-likeness (QED) is 0.734. The van der Waals surface area contributed by atoms with E-state index in [9.17, 15) is 4.79 Å². The highest BCUT2D eigenvalue weighted by Crippen LogP contribution is 2.26. The van der Waals surface area contributed by atoms with Crippen LogP contribution in [0.2, 0.25) is 0 Å². The average molecular weight is 288 g/mol. The van der Waals surface area contributed by atoms with Crippen molar-refractivity contribution < 1.29 is 9.90 Å². The molecule has 0 fully saturated rings. The molecule has 0 saturated carbocycles. The Balaban J connectivity index is 1.97. The average Bonchev–Trinajstić information content (AvgIpc) is 2.56. The van der Waals surface area contributed by atoms with Gasteiger partial charge in [0, 0.05) is 0 Å². The third-order valence-electron chi connectivity index (χ3n) is 3.71. The largest absolute Gasteiger partial charge is 0.478 e. The van der Waals surface area contributed by atoms with Crippen molar-refractivity contribution in [3.05, 3.63) is 83.9 Å². The zero-order chi connectivity index (χ0) is 15.5. The van der Waals surface area contributed by atoms with Gasteiger partial charge in [0.05, 0.1) is 5.56 Å². The third kappa shape index (κ3) is 2.91. The number of carbonyl (C=O) groups is 1. The molecule has 3 aromatic carbocycles. The number of hydrogen-bond acceptors (Lipinski definition) is 1. The molecule has 2 nitrogen and oxygen atoms in total. The normalized spacial score (nSPS) is 10.4. The molecule has 0 aromatic heterocycles. The van der Waals surface area contributed by atoms with Crippen molar-refractivity contribution in [1.82, 2.24) is 0 Å². The van der Waals surface area contributed by atoms with Crippen molar-refractivity contribution in [2.24, 2.45) is 0 Å². The highest BCUT2D eigenvalue weighted by Gasteiger charge is 2.04. The van der Waals surface area contributed by atoms with Crippen molar-refractivity contribution in [3.63, 3.8) is 0 Å². The first-order valence-electron chi connectivity index (χ1n) is 7.14. The SMILES string of the molecule is Cc1ccc(-c2cccc(-c3ccc(C(=O)O)cc3)c2)cc1. The summed E-state index contributed by atoms with van der Waals surface area (Å²) in [7, 11) is 0. The zero-order valence-electron chi connectivity index (χ0n) is 12.3. The minimum Gasteiger partial charge on any atom is -0.478 e. The van der Waals surface area contributed by atoms with Crippen LogP contribution in [-0.4, -0.2) is 11.1 Å². The number of rotatable bonds is 3. The van der Waals surface area contributed by atoms with Gasteiger partial charge in [-0.1, -0.05) is 60.2 Å². The predicted molar refractivity (Wildman–Crippen MR) is 89.0 cm³/mol. The molecular weight excluding hydrogens is 272 g/mol. The van der Waals surface area contributed by atoms with Crippen LogP contribution in [0.4, 0.5) is 0 Å². The number of carboxylic acid groups (broad SMARTS) is 1. The van der Waals surface area contributed by atoms with Gasteiger partial charge < -0.3 is 5.11 Å². The summed E-state index contributed by atoms with van der Waals surface area (Å²) in [5.41, 5.74) is 5.96. The van der Waals surface area contributed by atoms with Gasteiger partial charge in [-0.2, -0.15) is 0 Å². The lowest BCUT2D eigenvalue weighted by molar-refractivity contribution is 0.0697. The van der Waals surface area contributed by atoms with Gasteiger partial charge in [-0.15, -0.1) is 0 Å². The molecule has 2 heteroatoms. The fraction of sp³-hybridized carbons (Fsp3) is 0.0500. The molecule has 108 valence electrons. The van der Waals surface area contributed by atoms with Crippen LogP contribution in [0.25, 0.3) is 22.3 Å². The van der Waals surface area contributed by atoms with E-state index in [4.69, 9.17) is 5.11 Å². The molecule has 0 radical (unpaired) electrons. The van der Waals surface area contributed by atoms with Gasteiger partial charge in [0.25, 0.3) is 0 Å². The molecule has 0 heterocycles. The summed E-state index contributed by atoms with van der Waals surface area (Å²) >= 11 is 0. The van der Waals surface area contributed by atoms with E-state index in [0.29, 0.717) is 5.56 Å². The number of aromatic carboxylic acids is 1. The molecular formula is C20H16O2. The fourth-order valence-electron chi connectivity index (χ4n) is 2.43. The predicted octanol–water partition coefficient (Wildman–Crippen LogP) is 5.03. The second-order valence-electron chi connectivity index (χ2n) is 5.33. The van der Waals surface area contributed by atoms with Gasteiger partial charge in [0.15, 0.2) is 0 Å². The van der Waals surface area contributed by atoms with Gasteiger partial charge in [-0.3, -0.25) is 0 Å². The van der Waals surface area contributed by atoms with Gasteiger partial charge in [0.2, 0.25) is 0 Å². The lowest BCUT2D eigenvalue weighted by Crippen LogP contribution is -1.94. The van der Waals surface area contributed by atoms with Crippen LogP contribution >= 0.6 is 0 Å². The standard InChI is InChI=1S/C20H16O2/c1-14-5-7-15(8-6-14)18-3-2-4-19(13-18)16-9-11-17(12-10-16)20(21)22/h2-13H,1H3,(H,21,22). The van der Waals surface area contributed by atoms with E-state index < -0.39 is 5.97 Å². The van der Waals surface area contributed by atoms with E-state index in [-0.39, 0.29) is 0 Å². The lowest BCUT2D eigenvalue weighted by atomic mass is 9.98. The van der Waals surface area contributed by atoms with E-state index in [0.717, 1.165) is 16.7 Å². The van der Waals surface area contributed by atoms with Crippen molar-refractivity contribution in [2.45, 2.75) is 6.92 Å². The molecule has 0 bridgehead atoms. The maximum Gasteiger partial charge on any atom is 0.335 e. The Morgan fingerprint density at radius 3 is 1.73 bits per heavy atom. The van der Waals surface area contributed by atoms with Crippen LogP contribution in [0.5, 0.6) is 0 Å². The Morgan fingerprint density at radius 2 is 1.23 bits per heavy atom. The molecule has 22 heavy (non-hydrogen) atoms. The topological polar surface area (TPSA) is 37.3 Å². The summed E-state index contributed by atoms with van der Waals surface area (Å²) in [6.45, 7) is 2.07. The third-order valence-corrected chi connectivity index (χ3v) is 3.71. The second kappa shape index (κ2) is 5.86. The molecule has 0 atom stereocenters. The molecule has 0 amide bonds. The molecule has 0 aliphatic heterocycles. The van der Waals surface area contributed by atoms with Crippen LogP contribution in [0.3, 0.4) is 0 Å². The van der Waals surface area contributed by atoms with E-state index in [1.165, 1.54) is 11.1 Å². The van der Waals surface area contributed by atoms with Crippen molar-refractivity contribution in [3.8, 4) is 22.3 Å². The van der Waals surface area contributed by atoms with Crippen LogP contribution in [0.15, 0.2) is 72.8 Å². The molecule has 3 aromatic rings. The van der Waals surface area contributed by atoms with Gasteiger partial charge in [-0.05, 0) is 47.4 Å². The minimum atomic E-state index is -0.903. The Kier molecular flexibility index (Phi) is 3.75. The summed E-state index contributed by atoms with van der Waals surface area (Å²) in [6, 6.07) is 23.7. The van der Waals surface area contributed by atoms with Crippen molar-refractivity contribution >= 4 is 5.97 Å². The summed E-state index contributed by atoms with van der Waals surface area (Å²) < 4.78 is 0. The Bertz CT molecular complexity index is 800. The van der Waals surface area contributed by atoms with E-state index in [1.807, 2.05) is 24.3 Å². The van der Waals surface area contributed by atoms with E-state index in [2.05, 4.69) is 43.3 Å². The number of aryl methyl sites for hydroxylation is 1. The second-order valence-corrected chi connectivity index (χ2v) is 5.33. The maximum atomic E-state index is 10.9. The zero-order valence-corrected chi connectivity index (χ0v) is 12.3. The summed E-state index contributed by atoms with van der Waals surface area (Å²) in [5, 5.41) is 8.96. The van der Waals surface area contributed by atoms with Crippen LogP contribution < -0.4 is 0 Å². The first kappa shape index (κ1) is 14.1. The summed E-state index contributed by atoms with van der Waals surface area (Å²) in [4.78, 5) is 10.9. The molecule has 0 aliphatic rings. The molecule has 1 N–H and O–H groups in total. The Morgan fingerprint density at radius 1 is 0.727 bits per heavy atom.